The smallest absolute Gasteiger partial charge is 0.0991 e. The van der Waals surface area contributed by atoms with Crippen LogP contribution >= 0.6 is 0 Å². The van der Waals surface area contributed by atoms with Gasteiger partial charge in [0.15, 0.2) is 0 Å². The van der Waals surface area contributed by atoms with Crippen LogP contribution in [0.25, 0.3) is 0 Å². The molecule has 0 aromatic heterocycles. The van der Waals surface area contributed by atoms with E-state index in [1.807, 2.05) is 12.1 Å². The van der Waals surface area contributed by atoms with E-state index in [-0.39, 0.29) is 0 Å². The normalized spacial score (nSPS) is 29.9. The molecule has 1 heteroatoms. The topological polar surface area (TPSA) is 23.8 Å². The van der Waals surface area contributed by atoms with Crippen LogP contribution in [0.1, 0.15) is 88.7 Å². The Labute approximate surface area is 154 Å². The van der Waals surface area contributed by atoms with Crippen molar-refractivity contribution in [1.82, 2.24) is 0 Å². The Balaban J connectivity index is 1.36. The molecule has 0 amide bonds. The molecule has 0 bridgehead atoms. The van der Waals surface area contributed by atoms with E-state index in [9.17, 15) is 0 Å². The minimum atomic E-state index is 0.779. The van der Waals surface area contributed by atoms with Crippen molar-refractivity contribution in [2.24, 2.45) is 23.7 Å². The first-order chi connectivity index (χ1) is 12.3. The van der Waals surface area contributed by atoms with Crippen molar-refractivity contribution in [1.29, 1.82) is 5.26 Å². The molecule has 0 atom stereocenters. The van der Waals surface area contributed by atoms with Gasteiger partial charge in [-0.25, -0.2) is 0 Å². The lowest BCUT2D eigenvalue weighted by Crippen LogP contribution is -2.21. The molecule has 2 aliphatic rings. The molecule has 2 fully saturated rings. The number of rotatable bonds is 6. The van der Waals surface area contributed by atoms with Crippen molar-refractivity contribution in [2.75, 3.05) is 0 Å². The first kappa shape index (κ1) is 18.5. The Kier molecular flexibility index (Phi) is 6.97. The fourth-order valence-electron chi connectivity index (χ4n) is 5.36. The van der Waals surface area contributed by atoms with E-state index in [0.29, 0.717) is 0 Å². The van der Waals surface area contributed by atoms with Gasteiger partial charge >= 0.3 is 0 Å². The third-order valence-electron chi connectivity index (χ3n) is 6.90. The maximum Gasteiger partial charge on any atom is 0.0991 e. The highest BCUT2D eigenvalue weighted by Crippen LogP contribution is 2.39. The molecule has 0 saturated heterocycles. The fourth-order valence-corrected chi connectivity index (χ4v) is 5.36. The second-order valence-electron chi connectivity index (χ2n) is 8.81. The number of nitrogens with zero attached hydrogens (tertiary/aromatic N) is 1. The molecule has 0 unspecified atom stereocenters. The third-order valence-corrected chi connectivity index (χ3v) is 6.90. The van der Waals surface area contributed by atoms with Gasteiger partial charge in [0.25, 0.3) is 0 Å². The number of hydrogen-bond acceptors (Lipinski definition) is 1. The van der Waals surface area contributed by atoms with Crippen LogP contribution < -0.4 is 0 Å². The Bertz CT molecular complexity index is 536. The lowest BCUT2D eigenvalue weighted by Gasteiger charge is -2.34. The number of benzene rings is 1. The molecule has 136 valence electrons. The van der Waals surface area contributed by atoms with E-state index in [4.69, 9.17) is 5.26 Å². The van der Waals surface area contributed by atoms with Gasteiger partial charge in [0.05, 0.1) is 11.6 Å². The van der Waals surface area contributed by atoms with Gasteiger partial charge in [-0.1, -0.05) is 70.4 Å². The van der Waals surface area contributed by atoms with Crippen molar-refractivity contribution in [3.63, 3.8) is 0 Å². The zero-order valence-corrected chi connectivity index (χ0v) is 16.1. The Morgan fingerprint density at radius 3 is 1.84 bits per heavy atom. The Morgan fingerprint density at radius 2 is 1.32 bits per heavy atom. The SMILES string of the molecule is CCCC1CCC(CC2CCC(Cc3ccc(C#N)cc3)CC2)CC1. The molecule has 0 heterocycles. The monoisotopic (exact) mass is 337 g/mol. The van der Waals surface area contributed by atoms with Gasteiger partial charge in [-0.05, 0) is 67.1 Å². The highest BCUT2D eigenvalue weighted by atomic mass is 14.3. The Morgan fingerprint density at radius 1 is 0.800 bits per heavy atom. The van der Waals surface area contributed by atoms with Crippen LogP contribution in [0.2, 0.25) is 0 Å². The average molecular weight is 338 g/mol. The summed E-state index contributed by atoms with van der Waals surface area (Å²) in [4.78, 5) is 0. The van der Waals surface area contributed by atoms with Crippen molar-refractivity contribution in [3.05, 3.63) is 35.4 Å². The predicted molar refractivity (Wildman–Crippen MR) is 105 cm³/mol. The van der Waals surface area contributed by atoms with Gasteiger partial charge < -0.3 is 0 Å². The maximum atomic E-state index is 8.90. The maximum absolute atomic E-state index is 8.90. The van der Waals surface area contributed by atoms with Gasteiger partial charge in [0.2, 0.25) is 0 Å². The molecule has 2 saturated carbocycles. The molecular formula is C24H35N. The van der Waals surface area contributed by atoms with E-state index < -0.39 is 0 Å². The average Bonchev–Trinajstić information content (AvgIpc) is 2.66. The van der Waals surface area contributed by atoms with Gasteiger partial charge in [-0.2, -0.15) is 5.26 Å². The molecule has 3 rings (SSSR count). The molecule has 0 spiro atoms. The minimum absolute atomic E-state index is 0.779. The molecule has 25 heavy (non-hydrogen) atoms. The molecule has 1 nitrogen and oxygen atoms in total. The summed E-state index contributed by atoms with van der Waals surface area (Å²) in [6.45, 7) is 2.34. The second kappa shape index (κ2) is 9.42. The summed E-state index contributed by atoms with van der Waals surface area (Å²) in [6, 6.07) is 10.5. The van der Waals surface area contributed by atoms with Gasteiger partial charge in [0, 0.05) is 0 Å². The van der Waals surface area contributed by atoms with Crippen LogP contribution in [0.3, 0.4) is 0 Å². The first-order valence-corrected chi connectivity index (χ1v) is 10.8. The lowest BCUT2D eigenvalue weighted by molar-refractivity contribution is 0.187. The molecule has 1 aromatic carbocycles. The summed E-state index contributed by atoms with van der Waals surface area (Å²) >= 11 is 0. The molecule has 2 aliphatic carbocycles. The summed E-state index contributed by atoms with van der Waals surface area (Å²) in [7, 11) is 0. The van der Waals surface area contributed by atoms with Crippen molar-refractivity contribution in [3.8, 4) is 6.07 Å². The molecular weight excluding hydrogens is 302 g/mol. The van der Waals surface area contributed by atoms with Crippen LogP contribution in [-0.2, 0) is 6.42 Å². The summed E-state index contributed by atoms with van der Waals surface area (Å²) < 4.78 is 0. The zero-order chi connectivity index (χ0) is 17.5. The number of hydrogen-bond donors (Lipinski definition) is 0. The summed E-state index contributed by atoms with van der Waals surface area (Å²) in [5.41, 5.74) is 2.19. The Hall–Kier alpha value is -1.29. The third kappa shape index (κ3) is 5.60. The molecule has 0 radical (unpaired) electrons. The summed E-state index contributed by atoms with van der Waals surface area (Å²) in [5, 5.41) is 8.90. The minimum Gasteiger partial charge on any atom is -0.192 e. The first-order valence-electron chi connectivity index (χ1n) is 10.8. The van der Waals surface area contributed by atoms with E-state index in [2.05, 4.69) is 25.1 Å². The fraction of sp³-hybridized carbons (Fsp3) is 0.708. The van der Waals surface area contributed by atoms with Crippen molar-refractivity contribution < 1.29 is 0 Å². The largest absolute Gasteiger partial charge is 0.192 e. The molecule has 0 aliphatic heterocycles. The summed E-state index contributed by atoms with van der Waals surface area (Å²) in [6.07, 6.45) is 17.3. The molecule has 1 aromatic rings. The van der Waals surface area contributed by atoms with Crippen LogP contribution in [-0.4, -0.2) is 0 Å². The van der Waals surface area contributed by atoms with Crippen LogP contribution in [0.15, 0.2) is 24.3 Å². The number of nitriles is 1. The van der Waals surface area contributed by atoms with Crippen LogP contribution in [0.5, 0.6) is 0 Å². The second-order valence-corrected chi connectivity index (χ2v) is 8.81. The van der Waals surface area contributed by atoms with E-state index in [1.54, 1.807) is 0 Å². The molecule has 0 N–H and O–H groups in total. The van der Waals surface area contributed by atoms with Gasteiger partial charge in [0.1, 0.15) is 0 Å². The zero-order valence-electron chi connectivity index (χ0n) is 16.1. The van der Waals surface area contributed by atoms with Crippen molar-refractivity contribution in [2.45, 2.75) is 84.0 Å². The standard InChI is InChI=1S/C24H35N/c1-2-3-19-4-6-20(7-5-19)16-21-8-10-22(11-9-21)17-23-12-14-24(18-25)15-13-23/h12-15,19-22H,2-11,16-17H2,1H3. The van der Waals surface area contributed by atoms with Crippen molar-refractivity contribution >= 4 is 0 Å². The highest BCUT2D eigenvalue weighted by molar-refractivity contribution is 5.31. The predicted octanol–water partition coefficient (Wildman–Crippen LogP) is 6.90. The highest BCUT2D eigenvalue weighted by Gasteiger charge is 2.26. The van der Waals surface area contributed by atoms with Crippen LogP contribution in [0.4, 0.5) is 0 Å². The van der Waals surface area contributed by atoms with E-state index in [0.717, 1.165) is 29.2 Å². The van der Waals surface area contributed by atoms with Gasteiger partial charge in [-0.3, -0.25) is 0 Å². The summed E-state index contributed by atoms with van der Waals surface area (Å²) in [5.74, 6) is 3.95. The van der Waals surface area contributed by atoms with E-state index in [1.165, 1.54) is 82.6 Å². The quantitative estimate of drug-likeness (QED) is 0.553. The lowest BCUT2D eigenvalue weighted by atomic mass is 9.72. The van der Waals surface area contributed by atoms with E-state index >= 15 is 0 Å². The van der Waals surface area contributed by atoms with Gasteiger partial charge in [-0.15, -0.1) is 0 Å². The van der Waals surface area contributed by atoms with Crippen LogP contribution in [0, 0.1) is 35.0 Å².